The molecule has 0 radical (unpaired) electrons. The molecule has 0 bridgehead atoms. The summed E-state index contributed by atoms with van der Waals surface area (Å²) in [5.74, 6) is -1.44. The summed E-state index contributed by atoms with van der Waals surface area (Å²) in [4.78, 5) is 0. The maximum absolute atomic E-state index is 9.16. The molecule has 19 heavy (non-hydrogen) atoms. The average molecular weight is 258 g/mol. The molecule has 0 aliphatic heterocycles. The second-order valence-electron chi connectivity index (χ2n) is 4.74. The van der Waals surface area contributed by atoms with Crippen molar-refractivity contribution in [3.63, 3.8) is 0 Å². The van der Waals surface area contributed by atoms with E-state index >= 15 is 0 Å². The monoisotopic (exact) mass is 258 g/mol. The Hall–Kier alpha value is -1.84. The van der Waals surface area contributed by atoms with E-state index in [2.05, 4.69) is 19.1 Å². The average Bonchev–Trinajstić information content (AvgIpc) is 2.38. The first-order valence-corrected chi connectivity index (χ1v) is 6.24. The van der Waals surface area contributed by atoms with Gasteiger partial charge in [-0.25, -0.2) is 0 Å². The summed E-state index contributed by atoms with van der Waals surface area (Å²) < 4.78 is 4.95. The van der Waals surface area contributed by atoms with Gasteiger partial charge in [0.25, 0.3) is 0 Å². The highest BCUT2D eigenvalue weighted by molar-refractivity contribution is 5.35. The fourth-order valence-electron chi connectivity index (χ4n) is 1.98. The Morgan fingerprint density at radius 2 is 1.42 bits per heavy atom. The largest absolute Gasteiger partial charge is 0.439 e. The molecule has 0 aromatic heterocycles. The zero-order valence-electron chi connectivity index (χ0n) is 11.1. The van der Waals surface area contributed by atoms with Crippen LogP contribution in [0, 0.1) is 0 Å². The molecule has 1 unspecified atom stereocenters. The van der Waals surface area contributed by atoms with E-state index in [0.717, 1.165) is 5.56 Å². The van der Waals surface area contributed by atoms with Gasteiger partial charge in [0.1, 0.15) is 5.75 Å². The van der Waals surface area contributed by atoms with Crippen LogP contribution in [-0.4, -0.2) is 16.2 Å². The van der Waals surface area contributed by atoms with Gasteiger partial charge in [-0.05, 0) is 23.3 Å². The maximum atomic E-state index is 9.16. The number of hydrogen-bond donors (Lipinski definition) is 2. The lowest BCUT2D eigenvalue weighted by atomic mass is 9.93. The number of hydrogen-bond acceptors (Lipinski definition) is 3. The first-order valence-electron chi connectivity index (χ1n) is 6.24. The smallest absolute Gasteiger partial charge is 0.318 e. The first-order chi connectivity index (χ1) is 8.96. The molecule has 0 aliphatic rings. The van der Waals surface area contributed by atoms with Crippen molar-refractivity contribution < 1.29 is 14.9 Å². The molecule has 2 aromatic rings. The lowest BCUT2D eigenvalue weighted by Crippen LogP contribution is -2.30. The number of rotatable bonds is 4. The second-order valence-corrected chi connectivity index (χ2v) is 4.74. The maximum Gasteiger partial charge on any atom is 0.318 e. The molecule has 2 N–H and O–H groups in total. The van der Waals surface area contributed by atoms with Crippen molar-refractivity contribution >= 4 is 0 Å². The SMILES string of the molecule is CC(c1ccccc1)c1ccc(OC(C)(O)O)cc1. The fourth-order valence-corrected chi connectivity index (χ4v) is 1.98. The molecule has 2 rings (SSSR count). The molecule has 1 atom stereocenters. The van der Waals surface area contributed by atoms with Crippen molar-refractivity contribution in [3.05, 3.63) is 65.7 Å². The molecular formula is C16H18O3. The predicted octanol–water partition coefficient (Wildman–Crippen LogP) is 2.88. The number of ether oxygens (including phenoxy) is 1. The van der Waals surface area contributed by atoms with Crippen molar-refractivity contribution in [3.8, 4) is 5.75 Å². The summed E-state index contributed by atoms with van der Waals surface area (Å²) in [7, 11) is 0. The van der Waals surface area contributed by atoms with Gasteiger partial charge in [-0.1, -0.05) is 49.4 Å². The lowest BCUT2D eigenvalue weighted by Gasteiger charge is -2.18. The van der Waals surface area contributed by atoms with Crippen molar-refractivity contribution in [2.75, 3.05) is 0 Å². The Kier molecular flexibility index (Phi) is 3.88. The molecule has 0 spiro atoms. The number of aliphatic hydroxyl groups is 2. The van der Waals surface area contributed by atoms with Gasteiger partial charge in [-0.3, -0.25) is 0 Å². The van der Waals surface area contributed by atoms with E-state index in [1.54, 1.807) is 12.1 Å². The molecule has 0 saturated heterocycles. The van der Waals surface area contributed by atoms with Crippen molar-refractivity contribution in [2.24, 2.45) is 0 Å². The van der Waals surface area contributed by atoms with Crippen molar-refractivity contribution in [2.45, 2.75) is 25.7 Å². The normalized spacial score (nSPS) is 13.1. The highest BCUT2D eigenvalue weighted by Crippen LogP contribution is 2.26. The standard InChI is InChI=1S/C16H18O3/c1-12(13-6-4-3-5-7-13)14-8-10-15(11-9-14)19-16(2,17)18/h3-12,17-18H,1-2H3. The summed E-state index contributed by atoms with van der Waals surface area (Å²) in [5, 5.41) is 18.3. The minimum Gasteiger partial charge on any atom is -0.439 e. The molecule has 0 fully saturated rings. The van der Waals surface area contributed by atoms with Crippen LogP contribution in [0.15, 0.2) is 54.6 Å². The molecule has 3 heteroatoms. The Morgan fingerprint density at radius 3 is 1.95 bits per heavy atom. The second kappa shape index (κ2) is 5.43. The summed E-state index contributed by atoms with van der Waals surface area (Å²) in [6.45, 7) is 3.31. The Labute approximate surface area is 113 Å². The van der Waals surface area contributed by atoms with E-state index in [4.69, 9.17) is 14.9 Å². The van der Waals surface area contributed by atoms with Gasteiger partial charge in [-0.2, -0.15) is 0 Å². The zero-order valence-corrected chi connectivity index (χ0v) is 11.1. The summed E-state index contributed by atoms with van der Waals surface area (Å²) in [5.41, 5.74) is 2.39. The van der Waals surface area contributed by atoms with Crippen LogP contribution in [0.2, 0.25) is 0 Å². The van der Waals surface area contributed by atoms with Gasteiger partial charge < -0.3 is 14.9 Å². The van der Waals surface area contributed by atoms with Gasteiger partial charge in [0, 0.05) is 12.8 Å². The molecule has 2 aromatic carbocycles. The van der Waals surface area contributed by atoms with Crippen LogP contribution in [0.1, 0.15) is 30.9 Å². The van der Waals surface area contributed by atoms with Gasteiger partial charge >= 0.3 is 5.97 Å². The molecule has 3 nitrogen and oxygen atoms in total. The molecule has 0 amide bonds. The fraction of sp³-hybridized carbons (Fsp3) is 0.250. The first kappa shape index (κ1) is 13.6. The Morgan fingerprint density at radius 1 is 0.895 bits per heavy atom. The van der Waals surface area contributed by atoms with E-state index in [0.29, 0.717) is 5.75 Å². The van der Waals surface area contributed by atoms with Gasteiger partial charge in [-0.15, -0.1) is 0 Å². The van der Waals surface area contributed by atoms with Crippen LogP contribution < -0.4 is 4.74 Å². The van der Waals surface area contributed by atoms with Crippen LogP contribution in [0.25, 0.3) is 0 Å². The highest BCUT2D eigenvalue weighted by Gasteiger charge is 2.17. The van der Waals surface area contributed by atoms with Crippen LogP contribution in [0.4, 0.5) is 0 Å². The van der Waals surface area contributed by atoms with E-state index in [9.17, 15) is 0 Å². The Balaban J connectivity index is 2.15. The van der Waals surface area contributed by atoms with E-state index in [1.165, 1.54) is 12.5 Å². The quantitative estimate of drug-likeness (QED) is 0.829. The van der Waals surface area contributed by atoms with Crippen LogP contribution in [0.5, 0.6) is 5.75 Å². The third kappa shape index (κ3) is 3.81. The topological polar surface area (TPSA) is 49.7 Å². The summed E-state index contributed by atoms with van der Waals surface area (Å²) in [6.07, 6.45) is 0. The highest BCUT2D eigenvalue weighted by atomic mass is 16.8. The minimum atomic E-state index is -2.15. The van der Waals surface area contributed by atoms with Gasteiger partial charge in [0.2, 0.25) is 0 Å². The van der Waals surface area contributed by atoms with Crippen LogP contribution in [-0.2, 0) is 0 Å². The molecular weight excluding hydrogens is 240 g/mol. The van der Waals surface area contributed by atoms with Crippen LogP contribution in [0.3, 0.4) is 0 Å². The summed E-state index contributed by atoms with van der Waals surface area (Å²) >= 11 is 0. The van der Waals surface area contributed by atoms with E-state index in [-0.39, 0.29) is 5.92 Å². The van der Waals surface area contributed by atoms with Crippen LogP contribution >= 0.6 is 0 Å². The summed E-state index contributed by atoms with van der Waals surface area (Å²) in [6, 6.07) is 17.5. The Bertz CT molecular complexity index is 512. The van der Waals surface area contributed by atoms with E-state index in [1.807, 2.05) is 30.3 Å². The third-order valence-electron chi connectivity index (χ3n) is 2.99. The minimum absolute atomic E-state index is 0.282. The van der Waals surface area contributed by atoms with Crippen molar-refractivity contribution in [1.82, 2.24) is 0 Å². The zero-order chi connectivity index (χ0) is 13.9. The number of benzene rings is 2. The molecule has 0 aliphatic carbocycles. The third-order valence-corrected chi connectivity index (χ3v) is 2.99. The molecule has 0 saturated carbocycles. The van der Waals surface area contributed by atoms with Gasteiger partial charge in [0.15, 0.2) is 0 Å². The molecule has 100 valence electrons. The van der Waals surface area contributed by atoms with Gasteiger partial charge in [0.05, 0.1) is 0 Å². The lowest BCUT2D eigenvalue weighted by molar-refractivity contribution is -0.277. The predicted molar refractivity (Wildman–Crippen MR) is 73.9 cm³/mol. The van der Waals surface area contributed by atoms with Crippen molar-refractivity contribution in [1.29, 1.82) is 0 Å². The molecule has 0 heterocycles. The van der Waals surface area contributed by atoms with E-state index < -0.39 is 5.97 Å².